The fraction of sp³-hybridized carbons (Fsp3) is 0.250. The Morgan fingerprint density at radius 1 is 1.38 bits per heavy atom. The summed E-state index contributed by atoms with van der Waals surface area (Å²) in [5.74, 6) is 0.699. The molecule has 0 spiro atoms. The summed E-state index contributed by atoms with van der Waals surface area (Å²) in [6.07, 6.45) is 4.32. The van der Waals surface area contributed by atoms with E-state index in [1.807, 2.05) is 17.8 Å². The van der Waals surface area contributed by atoms with Crippen molar-refractivity contribution < 1.29 is 4.39 Å². The van der Waals surface area contributed by atoms with Crippen LogP contribution in [0.2, 0.25) is 0 Å². The minimum Gasteiger partial charge on any atom is -0.338 e. The molecular formula is C12H14FN3. The van der Waals surface area contributed by atoms with E-state index in [-0.39, 0.29) is 5.82 Å². The van der Waals surface area contributed by atoms with Crippen molar-refractivity contribution in [2.45, 2.75) is 13.0 Å². The lowest BCUT2D eigenvalue weighted by atomic mass is 10.0. The number of aromatic nitrogens is 2. The zero-order valence-corrected chi connectivity index (χ0v) is 9.15. The minimum atomic E-state index is -0.246. The van der Waals surface area contributed by atoms with Gasteiger partial charge in [0, 0.05) is 32.4 Å². The van der Waals surface area contributed by atoms with Crippen molar-refractivity contribution in [2.75, 3.05) is 0 Å². The molecule has 0 saturated heterocycles. The summed E-state index contributed by atoms with van der Waals surface area (Å²) in [6.45, 7) is 0.345. The van der Waals surface area contributed by atoms with Gasteiger partial charge in [0.1, 0.15) is 11.6 Å². The van der Waals surface area contributed by atoms with E-state index in [9.17, 15) is 4.39 Å². The maximum atomic E-state index is 13.0. The van der Waals surface area contributed by atoms with Gasteiger partial charge in [0.25, 0.3) is 0 Å². The number of halogens is 1. The standard InChI is InChI=1S/C12H14FN3/c1-16-5-4-15-12(16)7-9-2-3-11(13)6-10(9)8-14/h2-6H,7-8,14H2,1H3. The zero-order chi connectivity index (χ0) is 11.5. The Labute approximate surface area is 93.7 Å². The summed E-state index contributed by atoms with van der Waals surface area (Å²) in [4.78, 5) is 4.24. The van der Waals surface area contributed by atoms with E-state index in [4.69, 9.17) is 5.73 Å². The van der Waals surface area contributed by atoms with Gasteiger partial charge >= 0.3 is 0 Å². The van der Waals surface area contributed by atoms with E-state index in [0.29, 0.717) is 13.0 Å². The SMILES string of the molecule is Cn1ccnc1Cc1ccc(F)cc1CN. The quantitative estimate of drug-likeness (QED) is 0.852. The Morgan fingerprint density at radius 3 is 2.81 bits per heavy atom. The third kappa shape index (κ3) is 2.12. The van der Waals surface area contributed by atoms with Gasteiger partial charge in [-0.2, -0.15) is 0 Å². The molecule has 2 rings (SSSR count). The predicted octanol–water partition coefficient (Wildman–Crippen LogP) is 1.61. The lowest BCUT2D eigenvalue weighted by molar-refractivity contribution is 0.624. The van der Waals surface area contributed by atoms with E-state index in [1.165, 1.54) is 12.1 Å². The molecule has 0 aliphatic heterocycles. The zero-order valence-electron chi connectivity index (χ0n) is 9.15. The van der Waals surface area contributed by atoms with Crippen molar-refractivity contribution in [3.8, 4) is 0 Å². The Balaban J connectivity index is 2.31. The fourth-order valence-electron chi connectivity index (χ4n) is 1.69. The number of imidazole rings is 1. The summed E-state index contributed by atoms with van der Waals surface area (Å²) in [5, 5.41) is 0. The van der Waals surface area contributed by atoms with Gasteiger partial charge in [0.05, 0.1) is 0 Å². The maximum absolute atomic E-state index is 13.0. The molecule has 0 fully saturated rings. The van der Waals surface area contributed by atoms with E-state index in [1.54, 1.807) is 12.3 Å². The second kappa shape index (κ2) is 4.45. The summed E-state index contributed by atoms with van der Waals surface area (Å²) in [7, 11) is 1.94. The lowest BCUT2D eigenvalue weighted by Gasteiger charge is -2.07. The van der Waals surface area contributed by atoms with Crippen molar-refractivity contribution in [3.63, 3.8) is 0 Å². The van der Waals surface area contributed by atoms with Crippen LogP contribution < -0.4 is 5.73 Å². The van der Waals surface area contributed by atoms with Crippen LogP contribution in [0.3, 0.4) is 0 Å². The molecule has 0 radical (unpaired) electrons. The highest BCUT2D eigenvalue weighted by molar-refractivity contribution is 5.30. The topological polar surface area (TPSA) is 43.8 Å². The minimum absolute atomic E-state index is 0.246. The van der Waals surface area contributed by atoms with Gasteiger partial charge in [-0.3, -0.25) is 0 Å². The number of rotatable bonds is 3. The van der Waals surface area contributed by atoms with Gasteiger partial charge in [-0.1, -0.05) is 6.07 Å². The van der Waals surface area contributed by atoms with E-state index in [2.05, 4.69) is 4.98 Å². The van der Waals surface area contributed by atoms with E-state index < -0.39 is 0 Å². The van der Waals surface area contributed by atoms with Crippen LogP contribution in [0.5, 0.6) is 0 Å². The third-order valence-corrected chi connectivity index (χ3v) is 2.66. The van der Waals surface area contributed by atoms with E-state index in [0.717, 1.165) is 17.0 Å². The first-order chi connectivity index (χ1) is 7.70. The normalized spacial score (nSPS) is 10.7. The molecule has 84 valence electrons. The largest absolute Gasteiger partial charge is 0.338 e. The molecule has 0 saturated carbocycles. The number of aryl methyl sites for hydroxylation is 1. The molecule has 0 bridgehead atoms. The average molecular weight is 219 g/mol. The summed E-state index contributed by atoms with van der Waals surface area (Å²) >= 11 is 0. The van der Waals surface area contributed by atoms with Crippen molar-refractivity contribution in [2.24, 2.45) is 12.8 Å². The Hall–Kier alpha value is -1.68. The van der Waals surface area contributed by atoms with Crippen LogP contribution >= 0.6 is 0 Å². The smallest absolute Gasteiger partial charge is 0.123 e. The number of nitrogens with two attached hydrogens (primary N) is 1. The molecule has 0 unspecified atom stereocenters. The molecule has 1 aromatic heterocycles. The first-order valence-electron chi connectivity index (χ1n) is 5.14. The van der Waals surface area contributed by atoms with Crippen LogP contribution in [-0.4, -0.2) is 9.55 Å². The Bertz CT molecular complexity index is 491. The van der Waals surface area contributed by atoms with Crippen molar-refractivity contribution in [1.29, 1.82) is 0 Å². The van der Waals surface area contributed by atoms with Crippen molar-refractivity contribution in [3.05, 3.63) is 53.4 Å². The van der Waals surface area contributed by atoms with Crippen LogP contribution in [0, 0.1) is 5.82 Å². The summed E-state index contributed by atoms with van der Waals surface area (Å²) in [5.41, 5.74) is 7.45. The highest BCUT2D eigenvalue weighted by atomic mass is 19.1. The molecule has 0 aliphatic carbocycles. The molecular weight excluding hydrogens is 205 g/mol. The maximum Gasteiger partial charge on any atom is 0.123 e. The average Bonchev–Trinajstić information content (AvgIpc) is 2.67. The summed E-state index contributed by atoms with van der Waals surface area (Å²) < 4.78 is 15.0. The van der Waals surface area contributed by atoms with Crippen LogP contribution in [-0.2, 0) is 20.0 Å². The molecule has 1 heterocycles. The first kappa shape index (κ1) is 10.8. The van der Waals surface area contributed by atoms with Gasteiger partial charge in [-0.15, -0.1) is 0 Å². The Morgan fingerprint density at radius 2 is 2.19 bits per heavy atom. The number of hydrogen-bond donors (Lipinski definition) is 1. The molecule has 0 atom stereocenters. The molecule has 4 heteroatoms. The second-order valence-corrected chi connectivity index (χ2v) is 3.75. The van der Waals surface area contributed by atoms with Crippen LogP contribution in [0.1, 0.15) is 17.0 Å². The van der Waals surface area contributed by atoms with Crippen LogP contribution in [0.4, 0.5) is 4.39 Å². The molecule has 16 heavy (non-hydrogen) atoms. The van der Waals surface area contributed by atoms with Gasteiger partial charge in [0.2, 0.25) is 0 Å². The fourth-order valence-corrected chi connectivity index (χ4v) is 1.69. The molecule has 1 aromatic carbocycles. The Kier molecular flexibility index (Phi) is 3.01. The molecule has 3 nitrogen and oxygen atoms in total. The predicted molar refractivity (Wildman–Crippen MR) is 60.3 cm³/mol. The van der Waals surface area contributed by atoms with Crippen molar-refractivity contribution >= 4 is 0 Å². The highest BCUT2D eigenvalue weighted by Gasteiger charge is 2.06. The van der Waals surface area contributed by atoms with Crippen LogP contribution in [0.15, 0.2) is 30.6 Å². The number of benzene rings is 1. The molecule has 0 amide bonds. The van der Waals surface area contributed by atoms with Crippen molar-refractivity contribution in [1.82, 2.24) is 9.55 Å². The molecule has 0 aliphatic rings. The second-order valence-electron chi connectivity index (χ2n) is 3.75. The molecule has 2 aromatic rings. The lowest BCUT2D eigenvalue weighted by Crippen LogP contribution is -2.05. The first-order valence-corrected chi connectivity index (χ1v) is 5.14. The van der Waals surface area contributed by atoms with Gasteiger partial charge in [-0.05, 0) is 23.3 Å². The highest BCUT2D eigenvalue weighted by Crippen LogP contribution is 2.14. The monoisotopic (exact) mass is 219 g/mol. The number of nitrogens with zero attached hydrogens (tertiary/aromatic N) is 2. The number of hydrogen-bond acceptors (Lipinski definition) is 2. The summed E-state index contributed by atoms with van der Waals surface area (Å²) in [6, 6.07) is 4.71. The van der Waals surface area contributed by atoms with Gasteiger partial charge in [0.15, 0.2) is 0 Å². The van der Waals surface area contributed by atoms with Crippen LogP contribution in [0.25, 0.3) is 0 Å². The van der Waals surface area contributed by atoms with Gasteiger partial charge in [-0.25, -0.2) is 9.37 Å². The molecule has 2 N–H and O–H groups in total. The third-order valence-electron chi connectivity index (χ3n) is 2.66. The van der Waals surface area contributed by atoms with E-state index >= 15 is 0 Å². The van der Waals surface area contributed by atoms with Gasteiger partial charge < -0.3 is 10.3 Å².